The molecule has 8 aromatic carbocycles. The largest absolute Gasteiger partial charge is 0.311 e. The van der Waals surface area contributed by atoms with Crippen molar-refractivity contribution in [2.45, 2.75) is 13.8 Å². The lowest BCUT2D eigenvalue weighted by atomic mass is 9.89. The van der Waals surface area contributed by atoms with Crippen molar-refractivity contribution >= 4 is 17.1 Å². The molecule has 0 amide bonds. The molecule has 0 atom stereocenters. The Bertz CT molecular complexity index is 2670. The van der Waals surface area contributed by atoms with Crippen LogP contribution in [0.5, 0.6) is 0 Å². The maximum Gasteiger partial charge on any atom is 0.0934 e. The summed E-state index contributed by atoms with van der Waals surface area (Å²) in [5.41, 5.74) is 18.2. The molecule has 0 spiro atoms. The fourth-order valence-electron chi connectivity index (χ4n) is 7.49. The van der Waals surface area contributed by atoms with Gasteiger partial charge in [0, 0.05) is 28.2 Å². The van der Waals surface area contributed by atoms with Crippen LogP contribution < -0.4 is 4.90 Å². The van der Waals surface area contributed by atoms with Gasteiger partial charge in [-0.15, -0.1) is 0 Å². The summed E-state index contributed by atoms with van der Waals surface area (Å²) in [4.78, 5) is 2.30. The third-order valence-electron chi connectivity index (χ3n) is 10.4. The average molecular weight is 720 g/mol. The Morgan fingerprint density at radius 2 is 0.750 bits per heavy atom. The Labute approximate surface area is 329 Å². The van der Waals surface area contributed by atoms with Crippen LogP contribution in [0.15, 0.2) is 212 Å². The van der Waals surface area contributed by atoms with E-state index in [9.17, 15) is 0 Å². The minimum atomic E-state index is 0.951. The molecule has 1 aromatic heterocycles. The Hall–Kier alpha value is -7.23. The van der Waals surface area contributed by atoms with Crippen LogP contribution in [0.2, 0.25) is 0 Å². The SMILES string of the molecule is Cc1ccc(-c2cc(-c3ccc(C)cc3)n(-c3ccc(-c4ccccc4-c4ccccc4-c4ccc(N(c5ccccc5)c5ccccc5)cc4)cc3)n2)cc1. The molecule has 0 unspecified atom stereocenters. The Morgan fingerprint density at radius 3 is 1.25 bits per heavy atom. The van der Waals surface area contributed by atoms with Crippen LogP contribution in [0.3, 0.4) is 0 Å². The van der Waals surface area contributed by atoms with Gasteiger partial charge in [-0.25, -0.2) is 4.68 Å². The molecule has 0 aliphatic carbocycles. The van der Waals surface area contributed by atoms with Crippen molar-refractivity contribution in [3.05, 3.63) is 223 Å². The van der Waals surface area contributed by atoms with E-state index in [4.69, 9.17) is 5.10 Å². The van der Waals surface area contributed by atoms with Gasteiger partial charge in [0.1, 0.15) is 0 Å². The lowest BCUT2D eigenvalue weighted by Crippen LogP contribution is -2.09. The number of rotatable bonds is 9. The first-order valence-electron chi connectivity index (χ1n) is 19.1. The van der Waals surface area contributed by atoms with Crippen LogP contribution in [-0.4, -0.2) is 9.78 Å². The number of aryl methyl sites for hydroxylation is 2. The summed E-state index contributed by atoms with van der Waals surface area (Å²) < 4.78 is 2.07. The number of para-hydroxylation sites is 2. The van der Waals surface area contributed by atoms with Crippen LogP contribution in [0.4, 0.5) is 17.1 Å². The first kappa shape index (κ1) is 34.5. The van der Waals surface area contributed by atoms with Crippen molar-refractivity contribution in [2.75, 3.05) is 4.90 Å². The van der Waals surface area contributed by atoms with E-state index < -0.39 is 0 Å². The lowest BCUT2D eigenvalue weighted by Gasteiger charge is -2.25. The highest BCUT2D eigenvalue weighted by Gasteiger charge is 2.17. The quantitative estimate of drug-likeness (QED) is 0.148. The number of benzene rings is 8. The minimum absolute atomic E-state index is 0.951. The van der Waals surface area contributed by atoms with Gasteiger partial charge in [0.25, 0.3) is 0 Å². The number of hydrogen-bond acceptors (Lipinski definition) is 2. The van der Waals surface area contributed by atoms with E-state index in [1.807, 2.05) is 0 Å². The van der Waals surface area contributed by atoms with E-state index in [1.165, 1.54) is 38.9 Å². The molecule has 0 saturated heterocycles. The van der Waals surface area contributed by atoms with Crippen LogP contribution >= 0.6 is 0 Å². The van der Waals surface area contributed by atoms with Crippen molar-refractivity contribution in [3.8, 4) is 61.6 Å². The first-order valence-corrected chi connectivity index (χ1v) is 19.1. The monoisotopic (exact) mass is 719 g/mol. The minimum Gasteiger partial charge on any atom is -0.311 e. The standard InChI is InChI=1S/C53H41N3/c1-38-21-25-42(26-22-38)52-37-53(43-27-23-39(2)24-28-43)56(54-52)47-35-31-41(32-36-47)49-18-10-12-20-51(49)50-19-11-9-17-48(50)40-29-33-46(34-30-40)55(44-13-5-3-6-14-44)45-15-7-4-8-16-45/h3-37H,1-2H3. The van der Waals surface area contributed by atoms with Crippen LogP contribution in [0.1, 0.15) is 11.1 Å². The number of hydrogen-bond donors (Lipinski definition) is 0. The zero-order valence-electron chi connectivity index (χ0n) is 31.5. The Morgan fingerprint density at radius 1 is 0.357 bits per heavy atom. The summed E-state index contributed by atoms with van der Waals surface area (Å²) >= 11 is 0. The molecule has 0 bridgehead atoms. The summed E-state index contributed by atoms with van der Waals surface area (Å²) in [6, 6.07) is 75.7. The van der Waals surface area contributed by atoms with Crippen molar-refractivity contribution in [1.82, 2.24) is 9.78 Å². The molecule has 3 heteroatoms. The molecular weight excluding hydrogens is 679 g/mol. The molecule has 9 rings (SSSR count). The third-order valence-corrected chi connectivity index (χ3v) is 10.4. The molecule has 0 N–H and O–H groups in total. The zero-order chi connectivity index (χ0) is 37.8. The first-order chi connectivity index (χ1) is 27.6. The van der Waals surface area contributed by atoms with Gasteiger partial charge >= 0.3 is 0 Å². The van der Waals surface area contributed by atoms with Crippen LogP contribution in [0, 0.1) is 13.8 Å². The maximum atomic E-state index is 5.16. The predicted molar refractivity (Wildman–Crippen MR) is 235 cm³/mol. The number of anilines is 3. The topological polar surface area (TPSA) is 21.1 Å². The van der Waals surface area contributed by atoms with Gasteiger partial charge in [-0.3, -0.25) is 0 Å². The van der Waals surface area contributed by atoms with Gasteiger partial charge in [0.05, 0.1) is 17.1 Å². The Balaban J connectivity index is 1.06. The second-order valence-electron chi connectivity index (χ2n) is 14.3. The van der Waals surface area contributed by atoms with Crippen molar-refractivity contribution < 1.29 is 0 Å². The van der Waals surface area contributed by atoms with E-state index in [0.29, 0.717) is 0 Å². The normalized spacial score (nSPS) is 11.0. The summed E-state index contributed by atoms with van der Waals surface area (Å²) in [6.07, 6.45) is 0. The third kappa shape index (κ3) is 6.95. The highest BCUT2D eigenvalue weighted by atomic mass is 15.3. The van der Waals surface area contributed by atoms with Gasteiger partial charge in [-0.05, 0) is 102 Å². The summed E-state index contributed by atoms with van der Waals surface area (Å²) in [7, 11) is 0. The highest BCUT2D eigenvalue weighted by molar-refractivity contribution is 5.92. The molecule has 9 aromatic rings. The Kier molecular flexibility index (Phi) is 9.41. The zero-order valence-corrected chi connectivity index (χ0v) is 31.5. The fraction of sp³-hybridized carbons (Fsp3) is 0.0377. The molecule has 1 heterocycles. The number of aromatic nitrogens is 2. The molecule has 0 radical (unpaired) electrons. The van der Waals surface area contributed by atoms with E-state index in [2.05, 4.69) is 236 Å². The summed E-state index contributed by atoms with van der Waals surface area (Å²) in [5, 5.41) is 5.16. The van der Waals surface area contributed by atoms with E-state index >= 15 is 0 Å². The van der Waals surface area contributed by atoms with Crippen LogP contribution in [0.25, 0.3) is 61.6 Å². The van der Waals surface area contributed by atoms with Crippen molar-refractivity contribution in [1.29, 1.82) is 0 Å². The second-order valence-corrected chi connectivity index (χ2v) is 14.3. The highest BCUT2D eigenvalue weighted by Crippen LogP contribution is 2.40. The van der Waals surface area contributed by atoms with E-state index in [1.54, 1.807) is 0 Å². The summed E-state index contributed by atoms with van der Waals surface area (Å²) in [6.45, 7) is 4.23. The molecule has 0 aliphatic heterocycles. The second kappa shape index (κ2) is 15.3. The van der Waals surface area contributed by atoms with Gasteiger partial charge in [0.15, 0.2) is 0 Å². The average Bonchev–Trinajstić information content (AvgIpc) is 3.71. The van der Waals surface area contributed by atoms with Crippen LogP contribution in [-0.2, 0) is 0 Å². The van der Waals surface area contributed by atoms with Crippen molar-refractivity contribution in [3.63, 3.8) is 0 Å². The van der Waals surface area contributed by atoms with E-state index in [-0.39, 0.29) is 0 Å². The summed E-state index contributed by atoms with van der Waals surface area (Å²) in [5.74, 6) is 0. The van der Waals surface area contributed by atoms with Gasteiger partial charge in [-0.1, -0.05) is 169 Å². The fourth-order valence-corrected chi connectivity index (χ4v) is 7.49. The number of nitrogens with zero attached hydrogens (tertiary/aromatic N) is 3. The van der Waals surface area contributed by atoms with Gasteiger partial charge < -0.3 is 4.90 Å². The predicted octanol–water partition coefficient (Wildman–Crippen LogP) is 14.3. The smallest absolute Gasteiger partial charge is 0.0934 e. The van der Waals surface area contributed by atoms with Gasteiger partial charge in [-0.2, -0.15) is 5.10 Å². The molecular formula is C53H41N3. The van der Waals surface area contributed by atoms with E-state index in [0.717, 1.165) is 50.8 Å². The molecule has 3 nitrogen and oxygen atoms in total. The molecule has 56 heavy (non-hydrogen) atoms. The molecule has 0 aliphatic rings. The molecule has 268 valence electrons. The molecule has 0 saturated carbocycles. The lowest BCUT2D eigenvalue weighted by molar-refractivity contribution is 0.892. The van der Waals surface area contributed by atoms with Crippen molar-refractivity contribution in [2.24, 2.45) is 0 Å². The van der Waals surface area contributed by atoms with Gasteiger partial charge in [0.2, 0.25) is 0 Å². The maximum absolute atomic E-state index is 5.16. The molecule has 0 fully saturated rings.